The van der Waals surface area contributed by atoms with Gasteiger partial charge in [0.05, 0.1) is 10.7 Å². The van der Waals surface area contributed by atoms with E-state index in [9.17, 15) is 9.59 Å². The molecule has 26 heavy (non-hydrogen) atoms. The lowest BCUT2D eigenvalue weighted by Crippen LogP contribution is -2.33. The molecule has 2 aromatic carbocycles. The quantitative estimate of drug-likeness (QED) is 0.784. The monoisotopic (exact) mass is 372 g/mol. The molecular formula is C21H25ClN2O2. The zero-order valence-corrected chi connectivity index (χ0v) is 16.3. The third kappa shape index (κ3) is 5.88. The van der Waals surface area contributed by atoms with E-state index < -0.39 is 0 Å². The predicted molar refractivity (Wildman–Crippen MR) is 107 cm³/mol. The number of hydrogen-bond donors (Lipinski definition) is 1. The SMILES string of the molecule is CC(=O)N(CCC(=O)Nc1c(C)cc(C)cc1Cl)CCc1ccccc1. The smallest absolute Gasteiger partial charge is 0.226 e. The van der Waals surface area contributed by atoms with E-state index in [1.807, 2.05) is 56.3 Å². The molecular weight excluding hydrogens is 348 g/mol. The highest BCUT2D eigenvalue weighted by Crippen LogP contribution is 2.27. The minimum Gasteiger partial charge on any atom is -0.342 e. The number of carbonyl (C=O) groups excluding carboxylic acids is 2. The summed E-state index contributed by atoms with van der Waals surface area (Å²) in [4.78, 5) is 25.9. The van der Waals surface area contributed by atoms with Crippen molar-refractivity contribution in [2.24, 2.45) is 0 Å². The number of nitrogens with zero attached hydrogens (tertiary/aromatic N) is 1. The second-order valence-electron chi connectivity index (χ2n) is 6.48. The molecule has 2 rings (SSSR count). The van der Waals surface area contributed by atoms with Crippen LogP contribution >= 0.6 is 11.6 Å². The van der Waals surface area contributed by atoms with Crippen molar-refractivity contribution in [3.63, 3.8) is 0 Å². The Morgan fingerprint density at radius 3 is 2.38 bits per heavy atom. The van der Waals surface area contributed by atoms with Gasteiger partial charge in [0.25, 0.3) is 0 Å². The Bertz CT molecular complexity index is 752. The molecule has 0 atom stereocenters. The second-order valence-corrected chi connectivity index (χ2v) is 6.89. The highest BCUT2D eigenvalue weighted by molar-refractivity contribution is 6.34. The molecule has 0 bridgehead atoms. The molecule has 0 aromatic heterocycles. The van der Waals surface area contributed by atoms with Gasteiger partial charge in [0.2, 0.25) is 11.8 Å². The average Bonchev–Trinajstić information content (AvgIpc) is 2.58. The Morgan fingerprint density at radius 1 is 1.08 bits per heavy atom. The van der Waals surface area contributed by atoms with Gasteiger partial charge in [-0.3, -0.25) is 9.59 Å². The zero-order chi connectivity index (χ0) is 19.1. The fourth-order valence-corrected chi connectivity index (χ4v) is 3.22. The Hall–Kier alpha value is -2.33. The molecule has 1 N–H and O–H groups in total. The van der Waals surface area contributed by atoms with E-state index in [0.717, 1.165) is 17.5 Å². The normalized spacial score (nSPS) is 10.5. The first-order valence-electron chi connectivity index (χ1n) is 8.73. The Labute approximate surface area is 160 Å². The van der Waals surface area contributed by atoms with Gasteiger partial charge in [-0.2, -0.15) is 0 Å². The van der Waals surface area contributed by atoms with E-state index in [0.29, 0.717) is 23.8 Å². The van der Waals surface area contributed by atoms with Crippen molar-refractivity contribution >= 4 is 29.1 Å². The molecule has 2 aromatic rings. The molecule has 0 aliphatic carbocycles. The Kier molecular flexibility index (Phi) is 7.22. The van der Waals surface area contributed by atoms with Crippen molar-refractivity contribution in [1.29, 1.82) is 0 Å². The van der Waals surface area contributed by atoms with Crippen LogP contribution in [-0.2, 0) is 16.0 Å². The van der Waals surface area contributed by atoms with Gasteiger partial charge in [-0.1, -0.05) is 48.0 Å². The van der Waals surface area contributed by atoms with E-state index in [-0.39, 0.29) is 18.2 Å². The fourth-order valence-electron chi connectivity index (χ4n) is 2.85. The summed E-state index contributed by atoms with van der Waals surface area (Å²) in [6, 6.07) is 13.8. The predicted octanol–water partition coefficient (Wildman–Crippen LogP) is 4.38. The number of hydrogen-bond acceptors (Lipinski definition) is 2. The Morgan fingerprint density at radius 2 is 1.77 bits per heavy atom. The molecule has 4 nitrogen and oxygen atoms in total. The van der Waals surface area contributed by atoms with Gasteiger partial charge in [-0.15, -0.1) is 0 Å². The molecule has 2 amide bonds. The molecule has 0 saturated carbocycles. The standard InChI is InChI=1S/C21H25ClN2O2/c1-15-13-16(2)21(19(22)14-15)23-20(26)10-12-24(17(3)25)11-9-18-7-5-4-6-8-18/h4-8,13-14H,9-12H2,1-3H3,(H,23,26). The number of aryl methyl sites for hydroxylation is 2. The number of halogens is 1. The third-order valence-corrected chi connectivity index (χ3v) is 4.56. The molecule has 0 unspecified atom stereocenters. The maximum atomic E-state index is 12.3. The lowest BCUT2D eigenvalue weighted by molar-refractivity contribution is -0.129. The van der Waals surface area contributed by atoms with Crippen molar-refractivity contribution in [1.82, 2.24) is 4.90 Å². The average molecular weight is 373 g/mol. The third-order valence-electron chi connectivity index (χ3n) is 4.26. The summed E-state index contributed by atoms with van der Waals surface area (Å²) in [6.45, 7) is 6.38. The fraction of sp³-hybridized carbons (Fsp3) is 0.333. The number of anilines is 1. The first-order chi connectivity index (χ1) is 12.4. The van der Waals surface area contributed by atoms with E-state index in [4.69, 9.17) is 11.6 Å². The minimum absolute atomic E-state index is 0.0294. The molecule has 5 heteroatoms. The summed E-state index contributed by atoms with van der Waals surface area (Å²) in [5.74, 6) is -0.178. The molecule has 0 aliphatic heterocycles. The van der Waals surface area contributed by atoms with E-state index in [1.54, 1.807) is 4.90 Å². The van der Waals surface area contributed by atoms with Gasteiger partial charge in [-0.25, -0.2) is 0 Å². The van der Waals surface area contributed by atoms with E-state index in [1.165, 1.54) is 12.5 Å². The second kappa shape index (κ2) is 9.39. The molecule has 0 saturated heterocycles. The van der Waals surface area contributed by atoms with Crippen LogP contribution in [0.3, 0.4) is 0 Å². The molecule has 0 spiro atoms. The first kappa shape index (κ1) is 20.0. The van der Waals surface area contributed by atoms with Crippen LogP contribution in [0.15, 0.2) is 42.5 Å². The van der Waals surface area contributed by atoms with Crippen LogP contribution in [-0.4, -0.2) is 29.8 Å². The van der Waals surface area contributed by atoms with Crippen LogP contribution in [0.2, 0.25) is 5.02 Å². The summed E-state index contributed by atoms with van der Waals surface area (Å²) in [5.41, 5.74) is 3.79. The van der Waals surface area contributed by atoms with Crippen molar-refractivity contribution in [3.8, 4) is 0 Å². The number of carbonyl (C=O) groups is 2. The van der Waals surface area contributed by atoms with Crippen molar-refractivity contribution < 1.29 is 9.59 Å². The van der Waals surface area contributed by atoms with Crippen molar-refractivity contribution in [2.45, 2.75) is 33.6 Å². The summed E-state index contributed by atoms with van der Waals surface area (Å²) < 4.78 is 0. The van der Waals surface area contributed by atoms with Crippen molar-refractivity contribution in [3.05, 3.63) is 64.2 Å². The number of benzene rings is 2. The minimum atomic E-state index is -0.148. The van der Waals surface area contributed by atoms with Gasteiger partial charge < -0.3 is 10.2 Å². The van der Waals surface area contributed by atoms with Crippen LogP contribution in [0.5, 0.6) is 0 Å². The lowest BCUT2D eigenvalue weighted by atomic mass is 10.1. The highest BCUT2D eigenvalue weighted by atomic mass is 35.5. The molecule has 0 radical (unpaired) electrons. The summed E-state index contributed by atoms with van der Waals surface area (Å²) in [6.07, 6.45) is 1.00. The van der Waals surface area contributed by atoms with E-state index >= 15 is 0 Å². The van der Waals surface area contributed by atoms with Gasteiger partial charge in [0.15, 0.2) is 0 Å². The molecule has 0 heterocycles. The van der Waals surface area contributed by atoms with Gasteiger partial charge in [-0.05, 0) is 43.0 Å². The summed E-state index contributed by atoms with van der Waals surface area (Å²) in [5, 5.41) is 3.40. The van der Waals surface area contributed by atoms with Gasteiger partial charge >= 0.3 is 0 Å². The number of nitrogens with one attached hydrogen (secondary N) is 1. The van der Waals surface area contributed by atoms with Crippen LogP contribution in [0, 0.1) is 13.8 Å². The number of amides is 2. The maximum absolute atomic E-state index is 12.3. The highest BCUT2D eigenvalue weighted by Gasteiger charge is 2.13. The lowest BCUT2D eigenvalue weighted by Gasteiger charge is -2.21. The van der Waals surface area contributed by atoms with Crippen molar-refractivity contribution in [2.75, 3.05) is 18.4 Å². The maximum Gasteiger partial charge on any atom is 0.226 e. The van der Waals surface area contributed by atoms with Gasteiger partial charge in [0, 0.05) is 26.4 Å². The summed E-state index contributed by atoms with van der Waals surface area (Å²) >= 11 is 6.23. The molecule has 138 valence electrons. The van der Waals surface area contributed by atoms with E-state index in [2.05, 4.69) is 5.32 Å². The van der Waals surface area contributed by atoms with Crippen LogP contribution in [0.4, 0.5) is 5.69 Å². The Balaban J connectivity index is 1.90. The first-order valence-corrected chi connectivity index (χ1v) is 9.10. The zero-order valence-electron chi connectivity index (χ0n) is 15.5. The van der Waals surface area contributed by atoms with Crippen LogP contribution in [0.25, 0.3) is 0 Å². The summed E-state index contributed by atoms with van der Waals surface area (Å²) in [7, 11) is 0. The largest absolute Gasteiger partial charge is 0.342 e. The van der Waals surface area contributed by atoms with Gasteiger partial charge in [0.1, 0.15) is 0 Å². The number of rotatable bonds is 7. The van der Waals surface area contributed by atoms with Crippen LogP contribution < -0.4 is 5.32 Å². The molecule has 0 aliphatic rings. The topological polar surface area (TPSA) is 49.4 Å². The molecule has 0 fully saturated rings. The van der Waals surface area contributed by atoms with Crippen LogP contribution in [0.1, 0.15) is 30.0 Å².